The lowest BCUT2D eigenvalue weighted by molar-refractivity contribution is -0.152. The molecular formula is C24H32N6O4S4. The maximum atomic E-state index is 13.0. The van der Waals surface area contributed by atoms with Gasteiger partial charge < -0.3 is 10.6 Å². The average molecular weight is 597 g/mol. The largest absolute Gasteiger partial charge is 0.359 e. The number of hydrazine groups is 1. The van der Waals surface area contributed by atoms with E-state index in [-0.39, 0.29) is 58.8 Å². The van der Waals surface area contributed by atoms with Crippen LogP contribution >= 0.6 is 48.0 Å². The Morgan fingerprint density at radius 2 is 1.16 bits per heavy atom. The fourth-order valence-corrected chi connectivity index (χ4v) is 7.53. The Labute approximate surface area is 241 Å². The van der Waals surface area contributed by atoms with Crippen LogP contribution in [0.15, 0.2) is 22.0 Å². The normalized spacial score (nSPS) is 23.5. The lowest BCUT2D eigenvalue weighted by Gasteiger charge is -2.40. The number of rotatable bonds is 6. The minimum atomic E-state index is -0.808. The van der Waals surface area contributed by atoms with Crippen LogP contribution < -0.4 is 21.5 Å². The summed E-state index contributed by atoms with van der Waals surface area (Å²) in [6.45, 7) is 7.73. The predicted molar refractivity (Wildman–Crippen MR) is 157 cm³/mol. The van der Waals surface area contributed by atoms with Gasteiger partial charge in [-0.15, -0.1) is 23.5 Å². The number of fused-ring (bicyclic) bond motifs is 2. The van der Waals surface area contributed by atoms with Crippen LogP contribution in [-0.4, -0.2) is 79.3 Å². The summed E-state index contributed by atoms with van der Waals surface area (Å²) in [5.41, 5.74) is 3.95. The summed E-state index contributed by atoms with van der Waals surface area (Å²) in [4.78, 5) is 55.6. The Morgan fingerprint density at radius 1 is 0.789 bits per heavy atom. The molecule has 4 aliphatic heterocycles. The molecule has 14 heteroatoms. The SMILES string of the molecule is CC(C)(CNC(=S)NNC(=S)NCC(C)(C)N1C(=O)C=C2SCCC2C1=O)N1C(=O)C=C2SCCC2C1=O. The maximum absolute atomic E-state index is 13.0. The standard InChI is InChI=1S/C24H32N6O4S4/c1-23(2,29-17(31)9-15-13(19(29)33)5-7-37-15)11-25-21(35)27-28-22(36)26-12-24(3,4)30-18(32)10-16-14(20(30)34)6-8-38-16/h9-10,13-14H,5-8,11-12H2,1-4H3,(H2,25,27,35)(H2,26,28,36). The molecule has 2 fully saturated rings. The molecule has 4 rings (SSSR count). The van der Waals surface area contributed by atoms with E-state index in [1.165, 1.54) is 9.80 Å². The molecular weight excluding hydrogens is 565 g/mol. The van der Waals surface area contributed by atoms with Gasteiger partial charge >= 0.3 is 0 Å². The van der Waals surface area contributed by atoms with E-state index >= 15 is 0 Å². The quantitative estimate of drug-likeness (QED) is 0.201. The van der Waals surface area contributed by atoms with Gasteiger partial charge in [-0.05, 0) is 76.5 Å². The highest BCUT2D eigenvalue weighted by Gasteiger charge is 2.46. The molecule has 0 aromatic carbocycles. The highest BCUT2D eigenvalue weighted by atomic mass is 32.2. The van der Waals surface area contributed by atoms with Crippen molar-refractivity contribution < 1.29 is 19.2 Å². The van der Waals surface area contributed by atoms with Crippen LogP contribution in [-0.2, 0) is 19.2 Å². The van der Waals surface area contributed by atoms with Gasteiger partial charge in [0.2, 0.25) is 11.8 Å². The van der Waals surface area contributed by atoms with Crippen LogP contribution in [0.25, 0.3) is 0 Å². The second-order valence-electron chi connectivity index (χ2n) is 10.7. The molecule has 2 saturated heterocycles. The number of nitrogens with zero attached hydrogens (tertiary/aromatic N) is 2. The topological polar surface area (TPSA) is 123 Å². The van der Waals surface area contributed by atoms with Crippen LogP contribution in [0.1, 0.15) is 40.5 Å². The lowest BCUT2D eigenvalue weighted by Crippen LogP contribution is -2.61. The molecule has 38 heavy (non-hydrogen) atoms. The number of hydrogen-bond acceptors (Lipinski definition) is 8. The number of thiocarbonyl (C=S) groups is 2. The van der Waals surface area contributed by atoms with Crippen molar-refractivity contribution in [1.29, 1.82) is 0 Å². The minimum absolute atomic E-state index is 0.168. The summed E-state index contributed by atoms with van der Waals surface area (Å²) in [6, 6.07) is 0. The molecule has 4 amide bonds. The maximum Gasteiger partial charge on any atom is 0.254 e. The number of carbonyl (C=O) groups excluding carboxylic acids is 4. The van der Waals surface area contributed by atoms with Gasteiger partial charge in [-0.25, -0.2) is 0 Å². The van der Waals surface area contributed by atoms with Crippen LogP contribution in [0.3, 0.4) is 0 Å². The number of thioether (sulfide) groups is 2. The molecule has 206 valence electrons. The molecule has 0 aromatic heterocycles. The minimum Gasteiger partial charge on any atom is -0.359 e. The number of imide groups is 2. The Kier molecular flexibility index (Phi) is 8.46. The third-order valence-corrected chi connectivity index (χ3v) is 9.75. The van der Waals surface area contributed by atoms with Crippen LogP contribution in [0.4, 0.5) is 0 Å². The van der Waals surface area contributed by atoms with Crippen molar-refractivity contribution in [3.8, 4) is 0 Å². The zero-order valence-corrected chi connectivity index (χ0v) is 25.0. The van der Waals surface area contributed by atoms with E-state index in [1.54, 1.807) is 35.7 Å². The van der Waals surface area contributed by atoms with Gasteiger partial charge in [0.1, 0.15) is 0 Å². The Balaban J connectivity index is 1.23. The highest BCUT2D eigenvalue weighted by molar-refractivity contribution is 8.03. The lowest BCUT2D eigenvalue weighted by atomic mass is 9.94. The smallest absolute Gasteiger partial charge is 0.254 e. The molecule has 4 heterocycles. The Bertz CT molecular complexity index is 1060. The van der Waals surface area contributed by atoms with Crippen LogP contribution in [0, 0.1) is 11.8 Å². The average Bonchev–Trinajstić information content (AvgIpc) is 3.49. The second kappa shape index (κ2) is 11.1. The summed E-state index contributed by atoms with van der Waals surface area (Å²) in [6.07, 6.45) is 4.63. The third-order valence-electron chi connectivity index (χ3n) is 6.91. The van der Waals surface area contributed by atoms with Gasteiger partial charge in [0.05, 0.1) is 22.9 Å². The summed E-state index contributed by atoms with van der Waals surface area (Å²) in [7, 11) is 0. The molecule has 10 nitrogen and oxygen atoms in total. The van der Waals surface area contributed by atoms with Gasteiger partial charge in [0, 0.05) is 35.1 Å². The van der Waals surface area contributed by atoms with E-state index < -0.39 is 11.1 Å². The summed E-state index contributed by atoms with van der Waals surface area (Å²) in [5.74, 6) is 0.262. The Hall–Kier alpha value is -2.16. The summed E-state index contributed by atoms with van der Waals surface area (Å²) >= 11 is 13.8. The van der Waals surface area contributed by atoms with Gasteiger partial charge in [0.15, 0.2) is 10.2 Å². The number of hydrogen-bond donors (Lipinski definition) is 4. The monoisotopic (exact) mass is 596 g/mol. The van der Waals surface area contributed by atoms with Crippen molar-refractivity contribution >= 4 is 81.8 Å². The van der Waals surface area contributed by atoms with E-state index in [0.29, 0.717) is 0 Å². The molecule has 2 atom stereocenters. The molecule has 0 bridgehead atoms. The van der Waals surface area contributed by atoms with Crippen molar-refractivity contribution in [2.75, 3.05) is 24.6 Å². The van der Waals surface area contributed by atoms with Gasteiger partial charge in [-0.1, -0.05) is 0 Å². The van der Waals surface area contributed by atoms with Crippen molar-refractivity contribution in [2.45, 2.75) is 51.6 Å². The van der Waals surface area contributed by atoms with Gasteiger partial charge in [0.25, 0.3) is 11.8 Å². The van der Waals surface area contributed by atoms with Crippen molar-refractivity contribution in [1.82, 2.24) is 31.3 Å². The zero-order chi connectivity index (χ0) is 27.8. The van der Waals surface area contributed by atoms with Crippen molar-refractivity contribution in [2.24, 2.45) is 11.8 Å². The first-order valence-corrected chi connectivity index (χ1v) is 15.1. The Morgan fingerprint density at radius 3 is 1.53 bits per heavy atom. The molecule has 4 N–H and O–H groups in total. The number of amides is 4. The number of carbonyl (C=O) groups is 4. The van der Waals surface area contributed by atoms with Crippen LogP contribution in [0.5, 0.6) is 0 Å². The third kappa shape index (κ3) is 5.87. The molecule has 0 saturated carbocycles. The molecule has 0 radical (unpaired) electrons. The van der Waals surface area contributed by atoms with Gasteiger partial charge in [-0.3, -0.25) is 39.8 Å². The molecule has 0 aromatic rings. The van der Waals surface area contributed by atoms with E-state index in [9.17, 15) is 19.2 Å². The predicted octanol–water partition coefficient (Wildman–Crippen LogP) is 1.40. The van der Waals surface area contributed by atoms with Crippen molar-refractivity contribution in [3.63, 3.8) is 0 Å². The van der Waals surface area contributed by atoms with E-state index in [4.69, 9.17) is 24.4 Å². The zero-order valence-electron chi connectivity index (χ0n) is 21.7. The van der Waals surface area contributed by atoms with E-state index in [2.05, 4.69) is 21.5 Å². The summed E-state index contributed by atoms with van der Waals surface area (Å²) < 4.78 is 0. The molecule has 0 spiro atoms. The highest BCUT2D eigenvalue weighted by Crippen LogP contribution is 2.42. The van der Waals surface area contributed by atoms with Crippen molar-refractivity contribution in [3.05, 3.63) is 22.0 Å². The first-order valence-electron chi connectivity index (χ1n) is 12.3. The van der Waals surface area contributed by atoms with Crippen LogP contribution in [0.2, 0.25) is 0 Å². The molecule has 4 aliphatic rings. The first kappa shape index (κ1) is 28.8. The van der Waals surface area contributed by atoms with Gasteiger partial charge in [-0.2, -0.15) is 0 Å². The fraction of sp³-hybridized carbons (Fsp3) is 0.583. The summed E-state index contributed by atoms with van der Waals surface area (Å²) in [5, 5.41) is 6.50. The van der Waals surface area contributed by atoms with E-state index in [1.807, 2.05) is 27.7 Å². The van der Waals surface area contributed by atoms with E-state index in [0.717, 1.165) is 34.2 Å². The molecule has 2 unspecified atom stereocenters. The first-order chi connectivity index (χ1) is 17.8. The molecule has 0 aliphatic carbocycles. The number of nitrogens with one attached hydrogen (secondary N) is 4. The fourth-order valence-electron chi connectivity index (χ4n) is 4.90. The second-order valence-corrected chi connectivity index (χ2v) is 13.9.